The molecule has 1 aromatic carbocycles. The molecule has 2 aromatic rings. The summed E-state index contributed by atoms with van der Waals surface area (Å²) < 4.78 is 0. The fourth-order valence-electron chi connectivity index (χ4n) is 2.72. The minimum atomic E-state index is 0.430. The van der Waals surface area contributed by atoms with Gasteiger partial charge < -0.3 is 0 Å². The highest BCUT2D eigenvalue weighted by molar-refractivity contribution is 5.33. The van der Waals surface area contributed by atoms with E-state index in [-0.39, 0.29) is 0 Å². The van der Waals surface area contributed by atoms with Crippen LogP contribution >= 0.6 is 0 Å². The van der Waals surface area contributed by atoms with Gasteiger partial charge in [-0.25, -0.2) is 0 Å². The van der Waals surface area contributed by atoms with E-state index < -0.39 is 0 Å². The van der Waals surface area contributed by atoms with E-state index in [4.69, 9.17) is 0 Å². The normalized spacial score (nSPS) is 12.7. The van der Waals surface area contributed by atoms with Crippen LogP contribution in [-0.2, 0) is 6.42 Å². The van der Waals surface area contributed by atoms with Gasteiger partial charge in [0.15, 0.2) is 0 Å². The first-order chi connectivity index (χ1) is 9.90. The third-order valence-electron chi connectivity index (χ3n) is 4.35. The molecule has 0 radical (unpaired) electrons. The van der Waals surface area contributed by atoms with Crippen LogP contribution in [0.3, 0.4) is 0 Å². The van der Waals surface area contributed by atoms with Gasteiger partial charge in [-0.05, 0) is 55.7 Å². The van der Waals surface area contributed by atoms with E-state index in [9.17, 15) is 0 Å². The molecule has 0 saturated heterocycles. The Morgan fingerprint density at radius 1 is 0.857 bits per heavy atom. The van der Waals surface area contributed by atoms with Crippen molar-refractivity contribution in [2.75, 3.05) is 0 Å². The van der Waals surface area contributed by atoms with Crippen molar-refractivity contribution in [3.63, 3.8) is 0 Å². The van der Waals surface area contributed by atoms with Crippen molar-refractivity contribution in [3.8, 4) is 0 Å². The first-order valence-corrected chi connectivity index (χ1v) is 7.79. The molecule has 0 bridgehead atoms. The van der Waals surface area contributed by atoms with E-state index in [1.54, 1.807) is 0 Å². The number of aromatic nitrogens is 2. The Bertz CT molecular complexity index is 612. The summed E-state index contributed by atoms with van der Waals surface area (Å²) >= 11 is 0. The minimum Gasteiger partial charge on any atom is -0.155 e. The van der Waals surface area contributed by atoms with E-state index in [1.807, 2.05) is 0 Å². The molecule has 2 nitrogen and oxygen atoms in total. The van der Waals surface area contributed by atoms with Crippen molar-refractivity contribution in [1.29, 1.82) is 0 Å². The Balaban J connectivity index is 2.23. The van der Waals surface area contributed by atoms with Crippen molar-refractivity contribution in [1.82, 2.24) is 10.2 Å². The molecule has 0 fully saturated rings. The predicted octanol–water partition coefficient (Wildman–Crippen LogP) is 4.87. The molecule has 1 heterocycles. The number of hydrogen-bond donors (Lipinski definition) is 0. The highest BCUT2D eigenvalue weighted by atomic mass is 15.1. The topological polar surface area (TPSA) is 25.8 Å². The molecule has 2 rings (SSSR count). The Labute approximate surface area is 128 Å². The molecule has 0 amide bonds. The van der Waals surface area contributed by atoms with Gasteiger partial charge in [0.05, 0.1) is 11.4 Å². The molecule has 0 spiro atoms. The fourth-order valence-corrected chi connectivity index (χ4v) is 2.72. The van der Waals surface area contributed by atoms with Crippen LogP contribution in [0.25, 0.3) is 0 Å². The smallest absolute Gasteiger partial charge is 0.0688 e. The molecule has 2 heteroatoms. The van der Waals surface area contributed by atoms with Crippen LogP contribution in [0.5, 0.6) is 0 Å². The minimum absolute atomic E-state index is 0.430. The molecule has 0 saturated carbocycles. The van der Waals surface area contributed by atoms with Crippen molar-refractivity contribution < 1.29 is 0 Å². The number of rotatable bonds is 4. The zero-order valence-electron chi connectivity index (χ0n) is 14.1. The zero-order chi connectivity index (χ0) is 15.6. The molecule has 0 N–H and O–H groups in total. The number of nitrogens with zero attached hydrogens (tertiary/aromatic N) is 2. The summed E-state index contributed by atoms with van der Waals surface area (Å²) in [6.45, 7) is 13.1. The van der Waals surface area contributed by atoms with E-state index in [0.29, 0.717) is 11.8 Å². The van der Waals surface area contributed by atoms with Crippen LogP contribution < -0.4 is 0 Å². The molecule has 112 valence electrons. The molecule has 0 aliphatic carbocycles. The lowest BCUT2D eigenvalue weighted by molar-refractivity contribution is 0.694. The monoisotopic (exact) mass is 282 g/mol. The molecule has 0 aliphatic heterocycles. The van der Waals surface area contributed by atoms with Gasteiger partial charge in [-0.1, -0.05) is 50.6 Å². The molecule has 1 aromatic heterocycles. The van der Waals surface area contributed by atoms with Crippen LogP contribution in [0.15, 0.2) is 24.3 Å². The van der Waals surface area contributed by atoms with Gasteiger partial charge in [0.2, 0.25) is 0 Å². The average molecular weight is 282 g/mol. The van der Waals surface area contributed by atoms with Crippen LogP contribution in [0.1, 0.15) is 66.2 Å². The van der Waals surface area contributed by atoms with Crippen molar-refractivity contribution in [3.05, 3.63) is 57.9 Å². The summed E-state index contributed by atoms with van der Waals surface area (Å²) in [5.41, 5.74) is 7.52. The number of benzene rings is 1. The second-order valence-electron chi connectivity index (χ2n) is 6.45. The summed E-state index contributed by atoms with van der Waals surface area (Å²) in [6, 6.07) is 8.80. The second kappa shape index (κ2) is 6.38. The molecule has 1 atom stereocenters. The zero-order valence-corrected chi connectivity index (χ0v) is 14.1. The standard InChI is InChI=1S/C19H26N2/c1-12(2)19-16(6)15(5)18(20-21-19)11-14(4)17-9-7-13(3)8-10-17/h7-10,12,14H,11H2,1-6H3/t14-/m1/s1. The van der Waals surface area contributed by atoms with Gasteiger partial charge in [0, 0.05) is 0 Å². The Kier molecular flexibility index (Phi) is 4.76. The maximum atomic E-state index is 4.49. The summed E-state index contributed by atoms with van der Waals surface area (Å²) in [6.07, 6.45) is 0.946. The molecular weight excluding hydrogens is 256 g/mol. The SMILES string of the molecule is Cc1ccc([C@H](C)Cc2nnc(C(C)C)c(C)c2C)cc1. The number of aryl methyl sites for hydroxylation is 1. The lowest BCUT2D eigenvalue weighted by Crippen LogP contribution is -2.09. The van der Waals surface area contributed by atoms with Crippen molar-refractivity contribution in [2.24, 2.45) is 0 Å². The first-order valence-electron chi connectivity index (χ1n) is 7.79. The van der Waals surface area contributed by atoms with Gasteiger partial charge in [-0.15, -0.1) is 0 Å². The van der Waals surface area contributed by atoms with E-state index in [0.717, 1.165) is 17.8 Å². The summed E-state index contributed by atoms with van der Waals surface area (Å²) in [7, 11) is 0. The fraction of sp³-hybridized carbons (Fsp3) is 0.474. The van der Waals surface area contributed by atoms with Crippen LogP contribution in [-0.4, -0.2) is 10.2 Å². The quantitative estimate of drug-likeness (QED) is 0.799. The molecule has 0 aliphatic rings. The van der Waals surface area contributed by atoms with Gasteiger partial charge in [0.1, 0.15) is 0 Å². The van der Waals surface area contributed by atoms with Crippen molar-refractivity contribution in [2.45, 2.75) is 59.8 Å². The third kappa shape index (κ3) is 3.49. The summed E-state index contributed by atoms with van der Waals surface area (Å²) in [5.74, 6) is 0.891. The second-order valence-corrected chi connectivity index (χ2v) is 6.45. The van der Waals surface area contributed by atoms with Gasteiger partial charge >= 0.3 is 0 Å². The Hall–Kier alpha value is -1.70. The maximum Gasteiger partial charge on any atom is 0.0688 e. The summed E-state index contributed by atoms with van der Waals surface area (Å²) in [4.78, 5) is 0. The molecule has 0 unspecified atom stereocenters. The molecule has 21 heavy (non-hydrogen) atoms. The lowest BCUT2D eigenvalue weighted by atomic mass is 9.92. The van der Waals surface area contributed by atoms with Gasteiger partial charge in [-0.3, -0.25) is 0 Å². The third-order valence-corrected chi connectivity index (χ3v) is 4.35. The molecular formula is C19H26N2. The van der Waals surface area contributed by atoms with Crippen LogP contribution in [0.4, 0.5) is 0 Å². The Morgan fingerprint density at radius 3 is 2.05 bits per heavy atom. The maximum absolute atomic E-state index is 4.49. The van der Waals surface area contributed by atoms with Gasteiger partial charge in [0.25, 0.3) is 0 Å². The largest absolute Gasteiger partial charge is 0.155 e. The summed E-state index contributed by atoms with van der Waals surface area (Å²) in [5, 5.41) is 8.94. The lowest BCUT2D eigenvalue weighted by Gasteiger charge is -2.16. The van der Waals surface area contributed by atoms with E-state index in [2.05, 4.69) is 76.0 Å². The first kappa shape index (κ1) is 15.7. The predicted molar refractivity (Wildman–Crippen MR) is 88.9 cm³/mol. The Morgan fingerprint density at radius 2 is 1.48 bits per heavy atom. The van der Waals surface area contributed by atoms with Crippen LogP contribution in [0.2, 0.25) is 0 Å². The van der Waals surface area contributed by atoms with Crippen LogP contribution in [0, 0.1) is 20.8 Å². The van der Waals surface area contributed by atoms with Crippen molar-refractivity contribution >= 4 is 0 Å². The van der Waals surface area contributed by atoms with E-state index >= 15 is 0 Å². The van der Waals surface area contributed by atoms with Gasteiger partial charge in [-0.2, -0.15) is 10.2 Å². The van der Waals surface area contributed by atoms with E-state index in [1.165, 1.54) is 22.3 Å². The number of hydrogen-bond acceptors (Lipinski definition) is 2. The highest BCUT2D eigenvalue weighted by Gasteiger charge is 2.15. The average Bonchev–Trinajstić information content (AvgIpc) is 2.44. The highest BCUT2D eigenvalue weighted by Crippen LogP contribution is 2.25.